The van der Waals surface area contributed by atoms with Gasteiger partial charge in [0.15, 0.2) is 0 Å². The van der Waals surface area contributed by atoms with Crippen molar-refractivity contribution >= 4 is 22.7 Å². The van der Waals surface area contributed by atoms with Gasteiger partial charge in [0, 0.05) is 48.9 Å². The molecule has 2 aliphatic heterocycles. The van der Waals surface area contributed by atoms with Crippen LogP contribution >= 0.6 is 0 Å². The van der Waals surface area contributed by atoms with Crippen molar-refractivity contribution < 1.29 is 17.1 Å². The Morgan fingerprint density at radius 1 is 0.319 bits per heavy atom. The Labute approximate surface area is 296 Å². The molecule has 0 atom stereocenters. The van der Waals surface area contributed by atoms with Crippen LogP contribution < -0.4 is 19.6 Å². The third kappa shape index (κ3) is 7.85. The monoisotopic (exact) mass is 677 g/mol. The van der Waals surface area contributed by atoms with E-state index in [1.54, 1.807) is 0 Å². The molecule has 0 aliphatic carbocycles. The quantitative estimate of drug-likeness (QED) is 0.157. The van der Waals surface area contributed by atoms with E-state index in [0.29, 0.717) is 0 Å². The molecule has 2 fully saturated rings. The van der Waals surface area contributed by atoms with E-state index in [2.05, 4.69) is 165 Å². The van der Waals surface area contributed by atoms with Crippen molar-refractivity contribution in [3.63, 3.8) is 0 Å². The minimum Gasteiger partial charge on any atom is -0.502 e. The fourth-order valence-electron chi connectivity index (χ4n) is 8.18. The summed E-state index contributed by atoms with van der Waals surface area (Å²) in [7, 11) is 0. The summed E-state index contributed by atoms with van der Waals surface area (Å²) in [6.45, 7) is 35.1. The van der Waals surface area contributed by atoms with E-state index >= 15 is 0 Å². The smallest absolute Gasteiger partial charge is 0.502 e. The molecule has 2 saturated heterocycles. The maximum absolute atomic E-state index is 2.41. The van der Waals surface area contributed by atoms with Crippen LogP contribution in [0.4, 0.5) is 22.7 Å². The zero-order valence-electron chi connectivity index (χ0n) is 30.7. The van der Waals surface area contributed by atoms with E-state index < -0.39 is 0 Å². The van der Waals surface area contributed by atoms with Crippen LogP contribution in [0, 0.1) is 96.4 Å². The molecule has 0 spiro atoms. The summed E-state index contributed by atoms with van der Waals surface area (Å²) in [5, 5.41) is 0. The van der Waals surface area contributed by atoms with Gasteiger partial charge < -0.3 is 19.6 Å². The first-order chi connectivity index (χ1) is 21.7. The second-order valence-corrected chi connectivity index (χ2v) is 14.0. The van der Waals surface area contributed by atoms with Crippen LogP contribution in [0.15, 0.2) is 48.5 Å². The Morgan fingerprint density at radius 3 is 0.617 bits per heavy atom. The van der Waals surface area contributed by atoms with Crippen molar-refractivity contribution in [1.82, 2.24) is 0 Å². The van der Waals surface area contributed by atoms with Gasteiger partial charge in [0.05, 0.1) is 0 Å². The van der Waals surface area contributed by atoms with E-state index in [1.807, 2.05) is 0 Å². The summed E-state index contributed by atoms with van der Waals surface area (Å²) in [6.07, 6.45) is 0. The van der Waals surface area contributed by atoms with Crippen molar-refractivity contribution in [2.45, 2.75) is 83.1 Å². The molecule has 4 aromatic carbocycles. The maximum atomic E-state index is 2.41. The van der Waals surface area contributed by atoms with Gasteiger partial charge in [-0.2, -0.15) is 13.3 Å². The largest absolute Gasteiger partial charge is 1.00 e. The number of benzene rings is 4. The van der Waals surface area contributed by atoms with Crippen LogP contribution in [0.1, 0.15) is 66.8 Å². The summed E-state index contributed by atoms with van der Waals surface area (Å²) in [6, 6.07) is 18.2. The zero-order valence-corrected chi connectivity index (χ0v) is 31.6. The molecule has 0 aromatic heterocycles. The Balaban J connectivity index is 0.000000208. The number of aryl methyl sites for hydroxylation is 12. The molecule has 47 heavy (non-hydrogen) atoms. The number of hydrogen-bond donors (Lipinski definition) is 0. The number of anilines is 4. The summed E-state index contributed by atoms with van der Waals surface area (Å²) in [5.41, 5.74) is 21.7. The molecule has 0 unspecified atom stereocenters. The Bertz CT molecular complexity index is 1410. The number of nitrogens with zero attached hydrogens (tertiary/aromatic N) is 4. The van der Waals surface area contributed by atoms with Gasteiger partial charge in [-0.05, 0) is 128 Å². The van der Waals surface area contributed by atoms with Crippen LogP contribution in [0.5, 0.6) is 0 Å². The third-order valence-electron chi connectivity index (χ3n) is 9.41. The average molecular weight is 678 g/mol. The van der Waals surface area contributed by atoms with Crippen LogP contribution in [-0.2, 0) is 17.1 Å². The second kappa shape index (κ2) is 14.8. The molecule has 0 bridgehead atoms. The summed E-state index contributed by atoms with van der Waals surface area (Å²) in [4.78, 5) is 9.62. The van der Waals surface area contributed by atoms with Crippen LogP contribution in [0.25, 0.3) is 0 Å². The zero-order chi connectivity index (χ0) is 33.4. The summed E-state index contributed by atoms with van der Waals surface area (Å²) >= 11 is 0. The average Bonchev–Trinajstić information content (AvgIpc) is 3.57. The Kier molecular flexibility index (Phi) is 11.5. The Morgan fingerprint density at radius 2 is 0.468 bits per heavy atom. The van der Waals surface area contributed by atoms with Crippen molar-refractivity contribution in [2.24, 2.45) is 0 Å². The molecule has 4 aromatic rings. The van der Waals surface area contributed by atoms with Gasteiger partial charge in [0.2, 0.25) is 0 Å². The molecule has 0 N–H and O–H groups in total. The molecule has 6 rings (SSSR count). The fraction of sp³-hybridized carbons (Fsp3) is 0.381. The van der Waals surface area contributed by atoms with E-state index in [9.17, 15) is 0 Å². The third-order valence-corrected chi connectivity index (χ3v) is 9.41. The Hall–Kier alpha value is -3.40. The van der Waals surface area contributed by atoms with E-state index in [-0.39, 0.29) is 17.1 Å². The van der Waals surface area contributed by atoms with Crippen LogP contribution in [-0.4, -0.2) is 26.2 Å². The predicted molar refractivity (Wildman–Crippen MR) is 201 cm³/mol. The minimum absolute atomic E-state index is 0. The first-order valence-electron chi connectivity index (χ1n) is 16.8. The normalized spacial score (nSPS) is 14.4. The van der Waals surface area contributed by atoms with Crippen molar-refractivity contribution in [3.05, 3.63) is 129 Å². The molecule has 0 saturated carbocycles. The second-order valence-electron chi connectivity index (χ2n) is 14.0. The van der Waals surface area contributed by atoms with Gasteiger partial charge in [-0.15, -0.1) is 0 Å². The molecule has 2 aliphatic rings. The molecule has 2 heterocycles. The fourth-order valence-corrected chi connectivity index (χ4v) is 8.18. The van der Waals surface area contributed by atoms with Gasteiger partial charge in [0.1, 0.15) is 0 Å². The summed E-state index contributed by atoms with van der Waals surface area (Å²) < 4.78 is 0. The topological polar surface area (TPSA) is 13.0 Å². The summed E-state index contributed by atoms with van der Waals surface area (Å²) in [5.74, 6) is 0. The molecule has 5 heteroatoms. The van der Waals surface area contributed by atoms with Gasteiger partial charge in [-0.1, -0.05) is 70.8 Å². The molecule has 0 amide bonds. The van der Waals surface area contributed by atoms with E-state index in [1.165, 1.54) is 89.5 Å². The first kappa shape index (κ1) is 36.4. The van der Waals surface area contributed by atoms with Crippen LogP contribution in [0.3, 0.4) is 0 Å². The minimum atomic E-state index is 0. The predicted octanol–water partition coefficient (Wildman–Crippen LogP) is 9.96. The van der Waals surface area contributed by atoms with Crippen LogP contribution in [0.2, 0.25) is 0 Å². The number of rotatable bonds is 4. The molecule has 254 valence electrons. The van der Waals surface area contributed by atoms with Gasteiger partial charge >= 0.3 is 17.1 Å². The molecule has 4 nitrogen and oxygen atoms in total. The van der Waals surface area contributed by atoms with E-state index in [4.69, 9.17) is 0 Å². The first-order valence-corrected chi connectivity index (χ1v) is 16.8. The SMILES string of the molecule is Cc1cc(C)c(N2[CH-]N(c3c(C)cc(C)cc3C)CC2)c(C)c1.Cc1cc(C)c(N2[CH-]N(c3c(C)cc(C)cc3C)CC2)c(C)c1.[Cu+]. The maximum Gasteiger partial charge on any atom is 1.00 e. The van der Waals surface area contributed by atoms with Gasteiger partial charge in [-0.25, -0.2) is 0 Å². The molecule has 0 radical (unpaired) electrons. The van der Waals surface area contributed by atoms with Gasteiger partial charge in [0.25, 0.3) is 0 Å². The van der Waals surface area contributed by atoms with E-state index in [0.717, 1.165) is 26.2 Å². The molecular weight excluding hydrogens is 624 g/mol. The number of hydrogen-bond acceptors (Lipinski definition) is 4. The van der Waals surface area contributed by atoms with Crippen molar-refractivity contribution in [1.29, 1.82) is 0 Å². The van der Waals surface area contributed by atoms with Crippen molar-refractivity contribution in [2.75, 3.05) is 45.8 Å². The standard InChI is InChI=1S/2C21H27N2.Cu/c2*1-14-9-16(3)20(17(4)10-14)22-7-8-23(13-22)21-18(5)11-15(2)12-19(21)6;/h2*9-13H,7-8H2,1-6H3;/q2*-1;+1. The molecular formula is C42H54CuN4-. The van der Waals surface area contributed by atoms with Crippen molar-refractivity contribution in [3.8, 4) is 0 Å². The van der Waals surface area contributed by atoms with Gasteiger partial charge in [-0.3, -0.25) is 0 Å².